The first kappa shape index (κ1) is 23.1. The van der Waals surface area contributed by atoms with E-state index in [-0.39, 0.29) is 25.0 Å². The van der Waals surface area contributed by atoms with Crippen molar-refractivity contribution in [1.82, 2.24) is 4.90 Å². The second kappa shape index (κ2) is 9.17. The number of hydrogen-bond donors (Lipinski definition) is 1. The molecule has 1 unspecified atom stereocenters. The summed E-state index contributed by atoms with van der Waals surface area (Å²) < 4.78 is 11.8. The summed E-state index contributed by atoms with van der Waals surface area (Å²) in [7, 11) is 0. The molecule has 1 aromatic rings. The molecule has 1 N–H and O–H groups in total. The van der Waals surface area contributed by atoms with Crippen LogP contribution in [0.2, 0.25) is 5.02 Å². The van der Waals surface area contributed by atoms with Crippen molar-refractivity contribution in [2.75, 3.05) is 31.2 Å². The van der Waals surface area contributed by atoms with Crippen LogP contribution in [-0.2, 0) is 23.9 Å². The quantitative estimate of drug-likeness (QED) is 0.376. The minimum atomic E-state index is -1.26. The number of benzene rings is 1. The van der Waals surface area contributed by atoms with Gasteiger partial charge in [-0.2, -0.15) is 0 Å². The lowest BCUT2D eigenvalue weighted by Crippen LogP contribution is -2.55. The minimum absolute atomic E-state index is 0.0704. The van der Waals surface area contributed by atoms with Gasteiger partial charge in [-0.05, 0) is 49.6 Å². The van der Waals surface area contributed by atoms with Crippen molar-refractivity contribution < 1.29 is 29.0 Å². The number of fused-ring (bicyclic) bond motifs is 2. The largest absolute Gasteiger partial charge is 0.461 e. The highest BCUT2D eigenvalue weighted by Gasteiger charge is 2.71. The average molecular weight is 487 g/mol. The molecule has 4 aliphatic rings. The molecule has 0 aliphatic carbocycles. The fourth-order valence-corrected chi connectivity index (χ4v) is 5.76. The number of halogens is 1. The second-order valence-corrected chi connectivity index (χ2v) is 9.48. The zero-order chi connectivity index (χ0) is 23.9. The van der Waals surface area contributed by atoms with Crippen LogP contribution in [0.1, 0.15) is 19.3 Å². The molecule has 4 aliphatic heterocycles. The van der Waals surface area contributed by atoms with Gasteiger partial charge in [0.1, 0.15) is 24.2 Å². The molecule has 2 amide bonds. The molecule has 9 heteroatoms. The molecule has 0 radical (unpaired) electrons. The standard InChI is InChI=1S/C25H27ClN2O6/c26-16-7-9-17(10-8-16)27-13-5-11-25-20(19-18(34-25)6-4-15-33-24(19)32)22(30)28(21(25)23(27)31)12-2-1-3-14-29/h4-11,18-21,29H,1-3,12-15H2/t18-,19+,20+,21?,25+/m1/s1. The van der Waals surface area contributed by atoms with Crippen LogP contribution >= 0.6 is 11.6 Å². The van der Waals surface area contributed by atoms with E-state index >= 15 is 0 Å². The summed E-state index contributed by atoms with van der Waals surface area (Å²) in [4.78, 5) is 43.9. The molecule has 8 nitrogen and oxygen atoms in total. The number of hydrogen-bond acceptors (Lipinski definition) is 6. The van der Waals surface area contributed by atoms with E-state index in [1.165, 1.54) is 0 Å². The van der Waals surface area contributed by atoms with Gasteiger partial charge in [-0.15, -0.1) is 0 Å². The van der Waals surface area contributed by atoms with Crippen LogP contribution in [0.4, 0.5) is 5.69 Å². The number of aliphatic hydroxyl groups is 1. The zero-order valence-electron chi connectivity index (χ0n) is 18.6. The molecule has 4 heterocycles. The van der Waals surface area contributed by atoms with Crippen LogP contribution < -0.4 is 4.90 Å². The van der Waals surface area contributed by atoms with E-state index in [0.29, 0.717) is 43.1 Å². The number of carbonyl (C=O) groups excluding carboxylic acids is 3. The lowest BCUT2D eigenvalue weighted by atomic mass is 9.78. The first-order chi connectivity index (χ1) is 16.5. The second-order valence-electron chi connectivity index (χ2n) is 9.04. The predicted molar refractivity (Wildman–Crippen MR) is 124 cm³/mol. The number of aliphatic hydroxyl groups excluding tert-OH is 1. The minimum Gasteiger partial charge on any atom is -0.461 e. The highest BCUT2D eigenvalue weighted by Crippen LogP contribution is 2.53. The SMILES string of the molecule is O=C1OCC=C[C@H]2O[C@]34C=CCN(c5ccc(Cl)cc5)C(=O)C3N(CCCCCO)C(=O)[C@@H]4[C@@H]12. The number of nitrogens with zero attached hydrogens (tertiary/aromatic N) is 2. The molecule has 34 heavy (non-hydrogen) atoms. The van der Waals surface area contributed by atoms with Gasteiger partial charge in [0.25, 0.3) is 5.91 Å². The van der Waals surface area contributed by atoms with Gasteiger partial charge in [-0.1, -0.05) is 29.8 Å². The molecule has 5 atom stereocenters. The molecule has 1 aromatic carbocycles. The predicted octanol–water partition coefficient (Wildman–Crippen LogP) is 2.10. The Kier molecular flexibility index (Phi) is 6.22. The Bertz CT molecular complexity index is 1040. The normalized spacial score (nSPS) is 32.2. The van der Waals surface area contributed by atoms with Crippen LogP contribution in [0.25, 0.3) is 0 Å². The Labute approximate surface area is 202 Å². The van der Waals surface area contributed by atoms with Gasteiger partial charge < -0.3 is 24.4 Å². The number of anilines is 1. The molecule has 180 valence electrons. The Balaban J connectivity index is 1.55. The van der Waals surface area contributed by atoms with Gasteiger partial charge in [0.2, 0.25) is 5.91 Å². The molecule has 2 saturated heterocycles. The number of ether oxygens (including phenoxy) is 2. The average Bonchev–Trinajstić information content (AvgIpc) is 3.12. The highest BCUT2D eigenvalue weighted by molar-refractivity contribution is 6.30. The van der Waals surface area contributed by atoms with Gasteiger partial charge in [0, 0.05) is 30.4 Å². The van der Waals surface area contributed by atoms with Gasteiger partial charge in [0.05, 0.1) is 12.0 Å². The van der Waals surface area contributed by atoms with E-state index in [4.69, 9.17) is 26.2 Å². The van der Waals surface area contributed by atoms with E-state index in [9.17, 15) is 14.4 Å². The highest BCUT2D eigenvalue weighted by atomic mass is 35.5. The van der Waals surface area contributed by atoms with Gasteiger partial charge in [0.15, 0.2) is 0 Å². The van der Waals surface area contributed by atoms with Crippen LogP contribution in [0.15, 0.2) is 48.6 Å². The van der Waals surface area contributed by atoms with Crippen molar-refractivity contribution in [2.24, 2.45) is 11.8 Å². The molecular formula is C25H27ClN2O6. The van der Waals surface area contributed by atoms with Crippen molar-refractivity contribution in [2.45, 2.75) is 37.0 Å². The number of cyclic esters (lactones) is 1. The first-order valence-electron chi connectivity index (χ1n) is 11.6. The van der Waals surface area contributed by atoms with Gasteiger partial charge in [-0.3, -0.25) is 14.4 Å². The lowest BCUT2D eigenvalue weighted by molar-refractivity contribution is -0.152. The topological polar surface area (TPSA) is 96.4 Å². The smallest absolute Gasteiger partial charge is 0.313 e. The third-order valence-electron chi connectivity index (χ3n) is 7.11. The van der Waals surface area contributed by atoms with Crippen LogP contribution in [-0.4, -0.2) is 71.8 Å². The van der Waals surface area contributed by atoms with Crippen molar-refractivity contribution >= 4 is 35.1 Å². The molecule has 0 saturated carbocycles. The Morgan fingerprint density at radius 1 is 1.06 bits per heavy atom. The zero-order valence-corrected chi connectivity index (χ0v) is 19.4. The number of esters is 1. The summed E-state index contributed by atoms with van der Waals surface area (Å²) in [5, 5.41) is 9.69. The molecule has 0 aromatic heterocycles. The molecule has 1 spiro atoms. The van der Waals surface area contributed by atoms with Crippen molar-refractivity contribution in [3.05, 3.63) is 53.6 Å². The number of carbonyl (C=O) groups is 3. The van der Waals surface area contributed by atoms with E-state index in [1.54, 1.807) is 52.3 Å². The van der Waals surface area contributed by atoms with E-state index < -0.39 is 35.6 Å². The summed E-state index contributed by atoms with van der Waals surface area (Å²) in [6.45, 7) is 0.843. The fraction of sp³-hybridized carbons (Fsp3) is 0.480. The maximum absolute atomic E-state index is 14.1. The van der Waals surface area contributed by atoms with Crippen LogP contribution in [0.3, 0.4) is 0 Å². The summed E-state index contributed by atoms with van der Waals surface area (Å²) in [6.07, 6.45) is 8.44. The summed E-state index contributed by atoms with van der Waals surface area (Å²) in [5.74, 6) is -2.67. The molecule has 5 rings (SSSR count). The summed E-state index contributed by atoms with van der Waals surface area (Å²) in [5.41, 5.74) is -0.596. The molecular weight excluding hydrogens is 460 g/mol. The molecule has 0 bridgehead atoms. The Morgan fingerprint density at radius 3 is 2.62 bits per heavy atom. The number of amides is 2. The molecule has 2 fully saturated rings. The van der Waals surface area contributed by atoms with E-state index in [0.717, 1.165) is 0 Å². The Morgan fingerprint density at radius 2 is 1.85 bits per heavy atom. The summed E-state index contributed by atoms with van der Waals surface area (Å²) in [6, 6.07) is 6.06. The van der Waals surface area contributed by atoms with Crippen molar-refractivity contribution in [3.8, 4) is 0 Å². The van der Waals surface area contributed by atoms with Gasteiger partial charge in [-0.25, -0.2) is 0 Å². The third-order valence-corrected chi connectivity index (χ3v) is 7.36. The monoisotopic (exact) mass is 486 g/mol. The summed E-state index contributed by atoms with van der Waals surface area (Å²) >= 11 is 6.04. The first-order valence-corrected chi connectivity index (χ1v) is 12.0. The third kappa shape index (κ3) is 3.65. The number of unbranched alkanes of at least 4 members (excludes halogenated alkanes) is 2. The fourth-order valence-electron chi connectivity index (χ4n) is 5.63. The van der Waals surface area contributed by atoms with E-state index in [2.05, 4.69) is 0 Å². The van der Waals surface area contributed by atoms with Crippen LogP contribution in [0.5, 0.6) is 0 Å². The maximum atomic E-state index is 14.1. The van der Waals surface area contributed by atoms with Gasteiger partial charge >= 0.3 is 5.97 Å². The Hall–Kier alpha value is -2.68. The van der Waals surface area contributed by atoms with Crippen molar-refractivity contribution in [1.29, 1.82) is 0 Å². The van der Waals surface area contributed by atoms with E-state index in [1.807, 2.05) is 6.08 Å². The number of rotatable bonds is 6. The maximum Gasteiger partial charge on any atom is 0.313 e. The number of likely N-dealkylation sites (tertiary alicyclic amines) is 1. The van der Waals surface area contributed by atoms with Crippen LogP contribution in [0, 0.1) is 11.8 Å². The lowest BCUT2D eigenvalue weighted by Gasteiger charge is -2.35. The van der Waals surface area contributed by atoms with Crippen molar-refractivity contribution in [3.63, 3.8) is 0 Å².